The van der Waals surface area contributed by atoms with E-state index in [1.54, 1.807) is 16.9 Å². The van der Waals surface area contributed by atoms with Crippen molar-refractivity contribution in [2.75, 3.05) is 6.54 Å². The highest BCUT2D eigenvalue weighted by atomic mass is 35.5. The molecule has 140 valence electrons. The number of aryl methyl sites for hydroxylation is 2. The lowest BCUT2D eigenvalue weighted by molar-refractivity contribution is -0.121. The Morgan fingerprint density at radius 1 is 1.15 bits per heavy atom. The van der Waals surface area contributed by atoms with Gasteiger partial charge in [0.25, 0.3) is 5.56 Å². The summed E-state index contributed by atoms with van der Waals surface area (Å²) in [5, 5.41) is 8.08. The molecule has 1 N–H and O–H groups in total. The molecule has 0 radical (unpaired) electrons. The zero-order valence-corrected chi connectivity index (χ0v) is 15.7. The monoisotopic (exact) mass is 384 g/mol. The van der Waals surface area contributed by atoms with E-state index in [4.69, 9.17) is 11.6 Å². The van der Waals surface area contributed by atoms with Gasteiger partial charge in [0.1, 0.15) is 12.1 Å². The molecule has 0 bridgehead atoms. The molecule has 2 heterocycles. The van der Waals surface area contributed by atoms with Crippen molar-refractivity contribution in [3.63, 3.8) is 0 Å². The van der Waals surface area contributed by atoms with Gasteiger partial charge in [-0.3, -0.25) is 9.59 Å². The van der Waals surface area contributed by atoms with Crippen molar-refractivity contribution in [2.24, 2.45) is 0 Å². The van der Waals surface area contributed by atoms with Crippen LogP contribution in [0, 0.1) is 0 Å². The van der Waals surface area contributed by atoms with Gasteiger partial charge in [0.05, 0.1) is 5.69 Å². The first-order valence-electron chi connectivity index (χ1n) is 9.22. The Morgan fingerprint density at radius 3 is 2.74 bits per heavy atom. The van der Waals surface area contributed by atoms with Crippen molar-refractivity contribution in [2.45, 2.75) is 38.6 Å². The molecule has 0 fully saturated rings. The Morgan fingerprint density at radius 2 is 1.93 bits per heavy atom. The van der Waals surface area contributed by atoms with Crippen LogP contribution in [0.1, 0.15) is 29.7 Å². The van der Waals surface area contributed by atoms with Crippen LogP contribution >= 0.6 is 11.6 Å². The Bertz CT molecular complexity index is 1040. The van der Waals surface area contributed by atoms with E-state index in [9.17, 15) is 9.59 Å². The fourth-order valence-corrected chi connectivity index (χ4v) is 3.71. The SMILES string of the molecule is O=C(Cn1ccn2nc3c(c2c1=O)CCCC3)NCCc1ccc(Cl)cc1. The number of hydrogen-bond acceptors (Lipinski definition) is 3. The highest BCUT2D eigenvalue weighted by Gasteiger charge is 2.19. The normalized spacial score (nSPS) is 13.5. The number of carbonyl (C=O) groups excluding carboxylic acids is 1. The van der Waals surface area contributed by atoms with E-state index in [2.05, 4.69) is 10.4 Å². The van der Waals surface area contributed by atoms with E-state index in [0.717, 1.165) is 42.5 Å². The number of fused-ring (bicyclic) bond motifs is 3. The van der Waals surface area contributed by atoms with Crippen molar-refractivity contribution in [1.82, 2.24) is 19.5 Å². The number of carbonyl (C=O) groups is 1. The van der Waals surface area contributed by atoms with Crippen LogP contribution in [-0.4, -0.2) is 26.6 Å². The van der Waals surface area contributed by atoms with E-state index < -0.39 is 0 Å². The lowest BCUT2D eigenvalue weighted by Gasteiger charge is -2.10. The van der Waals surface area contributed by atoms with Gasteiger partial charge < -0.3 is 9.88 Å². The van der Waals surface area contributed by atoms with Gasteiger partial charge in [-0.05, 0) is 49.8 Å². The summed E-state index contributed by atoms with van der Waals surface area (Å²) in [4.78, 5) is 25.1. The maximum Gasteiger partial charge on any atom is 0.277 e. The van der Waals surface area contributed by atoms with Gasteiger partial charge in [-0.1, -0.05) is 23.7 Å². The Labute approximate surface area is 161 Å². The summed E-state index contributed by atoms with van der Waals surface area (Å²) in [6.45, 7) is 0.523. The standard InChI is InChI=1S/C20H21ClN4O2/c21-15-7-5-14(6-8-15)9-10-22-18(26)13-24-11-12-25-19(20(24)27)16-3-1-2-4-17(16)23-25/h5-8,11-12H,1-4,9-10,13H2,(H,22,26). The summed E-state index contributed by atoms with van der Waals surface area (Å²) in [7, 11) is 0. The van der Waals surface area contributed by atoms with Gasteiger partial charge in [0, 0.05) is 29.5 Å². The summed E-state index contributed by atoms with van der Waals surface area (Å²) in [6.07, 6.45) is 8.09. The molecule has 0 saturated heterocycles. The lowest BCUT2D eigenvalue weighted by Crippen LogP contribution is -2.33. The van der Waals surface area contributed by atoms with Crippen molar-refractivity contribution in [1.29, 1.82) is 0 Å². The number of rotatable bonds is 5. The second-order valence-corrected chi connectivity index (χ2v) is 7.32. The smallest absolute Gasteiger partial charge is 0.277 e. The topological polar surface area (TPSA) is 68.4 Å². The summed E-state index contributed by atoms with van der Waals surface area (Å²) >= 11 is 5.87. The summed E-state index contributed by atoms with van der Waals surface area (Å²) in [5.74, 6) is -0.177. The highest BCUT2D eigenvalue weighted by molar-refractivity contribution is 6.30. The minimum atomic E-state index is -0.177. The minimum Gasteiger partial charge on any atom is -0.354 e. The highest BCUT2D eigenvalue weighted by Crippen LogP contribution is 2.22. The van der Waals surface area contributed by atoms with E-state index >= 15 is 0 Å². The third kappa shape index (κ3) is 3.76. The largest absolute Gasteiger partial charge is 0.354 e. The molecule has 0 spiro atoms. The first-order valence-corrected chi connectivity index (χ1v) is 9.60. The van der Waals surface area contributed by atoms with Crippen molar-refractivity contribution in [3.05, 3.63) is 68.9 Å². The predicted octanol–water partition coefficient (Wildman–Crippen LogP) is 2.39. The average molecular weight is 385 g/mol. The van der Waals surface area contributed by atoms with Gasteiger partial charge >= 0.3 is 0 Å². The van der Waals surface area contributed by atoms with Crippen molar-refractivity contribution < 1.29 is 4.79 Å². The molecule has 1 aromatic carbocycles. The first kappa shape index (κ1) is 17.8. The number of hydrogen-bond donors (Lipinski definition) is 1. The van der Waals surface area contributed by atoms with Crippen LogP contribution in [0.5, 0.6) is 0 Å². The van der Waals surface area contributed by atoms with Crippen molar-refractivity contribution in [3.8, 4) is 0 Å². The van der Waals surface area contributed by atoms with Gasteiger partial charge in [0.15, 0.2) is 0 Å². The molecule has 0 aliphatic heterocycles. The molecule has 6 nitrogen and oxygen atoms in total. The third-order valence-electron chi connectivity index (χ3n) is 5.00. The molecule has 27 heavy (non-hydrogen) atoms. The number of amides is 1. The molecule has 1 aliphatic rings. The van der Waals surface area contributed by atoms with E-state index in [1.807, 2.05) is 24.3 Å². The van der Waals surface area contributed by atoms with Crippen LogP contribution in [-0.2, 0) is 30.6 Å². The maximum absolute atomic E-state index is 12.8. The van der Waals surface area contributed by atoms with Crippen LogP contribution in [0.25, 0.3) is 5.52 Å². The molecule has 1 aliphatic carbocycles. The van der Waals surface area contributed by atoms with E-state index in [1.165, 1.54) is 4.57 Å². The molecular formula is C20H21ClN4O2. The van der Waals surface area contributed by atoms with E-state index in [-0.39, 0.29) is 18.0 Å². The molecule has 4 rings (SSSR count). The molecular weight excluding hydrogens is 364 g/mol. The Balaban J connectivity index is 1.43. The van der Waals surface area contributed by atoms with Gasteiger partial charge in [-0.25, -0.2) is 4.52 Å². The maximum atomic E-state index is 12.8. The minimum absolute atomic E-state index is 0.00983. The predicted molar refractivity (Wildman–Crippen MR) is 104 cm³/mol. The van der Waals surface area contributed by atoms with Gasteiger partial charge in [0.2, 0.25) is 5.91 Å². The lowest BCUT2D eigenvalue weighted by atomic mass is 9.97. The average Bonchev–Trinajstić information content (AvgIpc) is 3.05. The van der Waals surface area contributed by atoms with Gasteiger partial charge in [-0.2, -0.15) is 5.10 Å². The molecule has 7 heteroatoms. The fourth-order valence-electron chi connectivity index (χ4n) is 3.59. The number of halogens is 1. The fraction of sp³-hybridized carbons (Fsp3) is 0.350. The van der Waals surface area contributed by atoms with Crippen LogP contribution in [0.2, 0.25) is 5.02 Å². The number of nitrogens with zero attached hydrogens (tertiary/aromatic N) is 3. The molecule has 0 unspecified atom stereocenters. The summed E-state index contributed by atoms with van der Waals surface area (Å²) in [6, 6.07) is 7.55. The number of nitrogens with one attached hydrogen (secondary N) is 1. The summed E-state index contributed by atoms with van der Waals surface area (Å²) < 4.78 is 3.12. The first-order chi connectivity index (χ1) is 13.1. The van der Waals surface area contributed by atoms with Crippen LogP contribution in [0.15, 0.2) is 41.5 Å². The second kappa shape index (κ2) is 7.56. The Hall–Kier alpha value is -2.60. The quantitative estimate of drug-likeness (QED) is 0.734. The number of benzene rings is 1. The van der Waals surface area contributed by atoms with Crippen LogP contribution < -0.4 is 10.9 Å². The molecule has 0 atom stereocenters. The molecule has 0 saturated carbocycles. The second-order valence-electron chi connectivity index (χ2n) is 6.88. The molecule has 3 aromatic rings. The van der Waals surface area contributed by atoms with E-state index in [0.29, 0.717) is 23.5 Å². The third-order valence-corrected chi connectivity index (χ3v) is 5.25. The number of aromatic nitrogens is 3. The zero-order valence-electron chi connectivity index (χ0n) is 14.9. The summed E-state index contributed by atoms with van der Waals surface area (Å²) in [5.41, 5.74) is 3.62. The van der Waals surface area contributed by atoms with Crippen LogP contribution in [0.3, 0.4) is 0 Å². The van der Waals surface area contributed by atoms with Crippen LogP contribution in [0.4, 0.5) is 0 Å². The van der Waals surface area contributed by atoms with Crippen molar-refractivity contribution >= 4 is 23.0 Å². The zero-order chi connectivity index (χ0) is 18.8. The molecule has 2 aromatic heterocycles. The molecule has 1 amide bonds. The van der Waals surface area contributed by atoms with Gasteiger partial charge in [-0.15, -0.1) is 0 Å². The Kier molecular flexibility index (Phi) is 4.99.